The molecule has 1 aliphatic heterocycles. The van der Waals surface area contributed by atoms with E-state index < -0.39 is 0 Å². The first-order valence-corrected chi connectivity index (χ1v) is 5.45. The fourth-order valence-electron chi connectivity index (χ4n) is 2.08. The first-order valence-electron chi connectivity index (χ1n) is 5.45. The van der Waals surface area contributed by atoms with Crippen LogP contribution in [0.15, 0.2) is 24.3 Å². The molecule has 0 radical (unpaired) electrons. The summed E-state index contributed by atoms with van der Waals surface area (Å²) in [5.74, 6) is 1.15. The largest absolute Gasteiger partial charge is 0.508 e. The Morgan fingerprint density at radius 1 is 1.41 bits per heavy atom. The van der Waals surface area contributed by atoms with Gasteiger partial charge in [-0.15, -0.1) is 0 Å². The van der Waals surface area contributed by atoms with Crippen molar-refractivity contribution in [1.29, 1.82) is 0 Å². The molecule has 5 heteroatoms. The van der Waals surface area contributed by atoms with Gasteiger partial charge in [0, 0.05) is 18.7 Å². The van der Waals surface area contributed by atoms with Gasteiger partial charge in [-0.3, -0.25) is 0 Å². The average molecular weight is 231 g/mol. The number of ether oxygens (including phenoxy) is 1. The van der Waals surface area contributed by atoms with Crippen LogP contribution in [0.25, 0.3) is 5.69 Å². The van der Waals surface area contributed by atoms with Gasteiger partial charge in [-0.25, -0.2) is 4.68 Å². The summed E-state index contributed by atoms with van der Waals surface area (Å²) in [5, 5.41) is 17.1. The Labute approximate surface area is 98.6 Å². The predicted octanol–water partition coefficient (Wildman–Crippen LogP) is 1.65. The number of nitrogens with one attached hydrogen (secondary N) is 1. The molecular weight excluding hydrogens is 218 g/mol. The van der Waals surface area contributed by atoms with Crippen LogP contribution in [0.3, 0.4) is 0 Å². The quantitative estimate of drug-likeness (QED) is 0.825. The highest BCUT2D eigenvalue weighted by molar-refractivity contribution is 5.54. The molecule has 2 aromatic rings. The van der Waals surface area contributed by atoms with Gasteiger partial charge in [-0.2, -0.15) is 5.10 Å². The Kier molecular flexibility index (Phi) is 2.26. The van der Waals surface area contributed by atoms with Crippen LogP contribution in [0, 0.1) is 0 Å². The van der Waals surface area contributed by atoms with E-state index in [1.165, 1.54) is 0 Å². The lowest BCUT2D eigenvalue weighted by Gasteiger charge is -2.08. The van der Waals surface area contributed by atoms with E-state index in [9.17, 15) is 5.11 Å². The van der Waals surface area contributed by atoms with Crippen LogP contribution in [0.4, 0.5) is 5.82 Å². The van der Waals surface area contributed by atoms with Gasteiger partial charge < -0.3 is 15.2 Å². The summed E-state index contributed by atoms with van der Waals surface area (Å²) < 4.78 is 7.15. The van der Waals surface area contributed by atoms with Gasteiger partial charge in [0.05, 0.1) is 24.6 Å². The first-order chi connectivity index (χ1) is 8.29. The van der Waals surface area contributed by atoms with Crippen molar-refractivity contribution in [3.8, 4) is 11.4 Å². The average Bonchev–Trinajstić information content (AvgIpc) is 2.88. The molecule has 0 atom stereocenters. The van der Waals surface area contributed by atoms with Crippen molar-refractivity contribution in [3.63, 3.8) is 0 Å². The van der Waals surface area contributed by atoms with Crippen molar-refractivity contribution in [2.24, 2.45) is 0 Å². The summed E-state index contributed by atoms with van der Waals surface area (Å²) in [5.41, 5.74) is 2.89. The monoisotopic (exact) mass is 231 g/mol. The Bertz CT molecular complexity index is 563. The molecule has 0 bridgehead atoms. The van der Waals surface area contributed by atoms with Crippen molar-refractivity contribution in [2.45, 2.75) is 13.2 Å². The van der Waals surface area contributed by atoms with Gasteiger partial charge >= 0.3 is 0 Å². The molecule has 88 valence electrons. The minimum atomic E-state index is 0.233. The minimum Gasteiger partial charge on any atom is -0.508 e. The van der Waals surface area contributed by atoms with Crippen LogP contribution in [0.1, 0.15) is 11.3 Å². The molecular formula is C12H13N3O2. The standard InChI is InChI=1S/C12H13N3O2/c1-13-12-10-6-17-7-11(10)14-15(12)8-3-2-4-9(16)5-8/h2-5,13,16H,6-7H2,1H3. The summed E-state index contributed by atoms with van der Waals surface area (Å²) in [6, 6.07) is 7.03. The lowest BCUT2D eigenvalue weighted by molar-refractivity contribution is 0.131. The molecule has 1 aromatic heterocycles. The molecule has 0 saturated heterocycles. The van der Waals surface area contributed by atoms with Gasteiger partial charge in [0.15, 0.2) is 0 Å². The molecule has 0 fully saturated rings. The molecule has 0 saturated carbocycles. The van der Waals surface area contributed by atoms with Gasteiger partial charge in [0.1, 0.15) is 11.6 Å². The second-order valence-electron chi connectivity index (χ2n) is 3.95. The smallest absolute Gasteiger partial charge is 0.135 e. The zero-order valence-corrected chi connectivity index (χ0v) is 9.47. The highest BCUT2D eigenvalue weighted by atomic mass is 16.5. The SMILES string of the molecule is CNc1c2c(nn1-c1cccc(O)c1)COC2. The molecule has 3 rings (SSSR count). The van der Waals surface area contributed by atoms with Crippen LogP contribution in [0.2, 0.25) is 0 Å². The van der Waals surface area contributed by atoms with Crippen molar-refractivity contribution in [2.75, 3.05) is 12.4 Å². The van der Waals surface area contributed by atoms with Crippen molar-refractivity contribution in [3.05, 3.63) is 35.5 Å². The van der Waals surface area contributed by atoms with Gasteiger partial charge in [-0.05, 0) is 12.1 Å². The van der Waals surface area contributed by atoms with Gasteiger partial charge in [0.25, 0.3) is 0 Å². The van der Waals surface area contributed by atoms with E-state index in [2.05, 4.69) is 10.4 Å². The first kappa shape index (κ1) is 10.2. The number of fused-ring (bicyclic) bond motifs is 1. The van der Waals surface area contributed by atoms with Crippen LogP contribution < -0.4 is 5.32 Å². The molecule has 0 spiro atoms. The highest BCUT2D eigenvalue weighted by Gasteiger charge is 2.22. The molecule has 1 aliphatic rings. The van der Waals surface area contributed by atoms with E-state index in [-0.39, 0.29) is 5.75 Å². The third-order valence-electron chi connectivity index (χ3n) is 2.86. The second-order valence-corrected chi connectivity index (χ2v) is 3.95. The minimum absolute atomic E-state index is 0.233. The molecule has 2 N–H and O–H groups in total. The molecule has 2 heterocycles. The summed E-state index contributed by atoms with van der Waals surface area (Å²) in [4.78, 5) is 0. The number of rotatable bonds is 2. The Hall–Kier alpha value is -2.01. The van der Waals surface area contributed by atoms with E-state index in [4.69, 9.17) is 4.74 Å². The Morgan fingerprint density at radius 2 is 2.29 bits per heavy atom. The number of aromatic hydroxyl groups is 1. The third kappa shape index (κ3) is 1.55. The molecule has 17 heavy (non-hydrogen) atoms. The second kappa shape index (κ2) is 3.78. The van der Waals surface area contributed by atoms with Crippen molar-refractivity contribution >= 4 is 5.82 Å². The van der Waals surface area contributed by atoms with E-state index in [0.29, 0.717) is 13.2 Å². The highest BCUT2D eigenvalue weighted by Crippen LogP contribution is 2.29. The van der Waals surface area contributed by atoms with E-state index in [1.54, 1.807) is 22.9 Å². The van der Waals surface area contributed by atoms with E-state index in [0.717, 1.165) is 22.8 Å². The summed E-state index contributed by atoms with van der Waals surface area (Å²) >= 11 is 0. The number of hydrogen-bond donors (Lipinski definition) is 2. The molecule has 0 aliphatic carbocycles. The lowest BCUT2D eigenvalue weighted by Crippen LogP contribution is -2.04. The molecule has 1 aromatic carbocycles. The number of benzene rings is 1. The number of anilines is 1. The fourth-order valence-corrected chi connectivity index (χ4v) is 2.08. The van der Waals surface area contributed by atoms with Crippen molar-refractivity contribution < 1.29 is 9.84 Å². The molecule has 5 nitrogen and oxygen atoms in total. The number of nitrogens with zero attached hydrogens (tertiary/aromatic N) is 2. The lowest BCUT2D eigenvalue weighted by atomic mass is 10.2. The van der Waals surface area contributed by atoms with E-state index >= 15 is 0 Å². The van der Waals surface area contributed by atoms with Gasteiger partial charge in [-0.1, -0.05) is 6.07 Å². The number of phenols is 1. The fraction of sp³-hybridized carbons (Fsp3) is 0.250. The third-order valence-corrected chi connectivity index (χ3v) is 2.86. The zero-order valence-electron chi connectivity index (χ0n) is 9.47. The number of phenolic OH excluding ortho intramolecular Hbond substituents is 1. The maximum absolute atomic E-state index is 9.50. The summed E-state index contributed by atoms with van der Waals surface area (Å²) in [6.45, 7) is 1.14. The molecule has 0 amide bonds. The Balaban J connectivity index is 2.15. The maximum Gasteiger partial charge on any atom is 0.135 e. The predicted molar refractivity (Wildman–Crippen MR) is 63.3 cm³/mol. The van der Waals surface area contributed by atoms with Gasteiger partial charge in [0.2, 0.25) is 0 Å². The normalized spacial score (nSPS) is 13.7. The topological polar surface area (TPSA) is 59.3 Å². The number of hydrogen-bond acceptors (Lipinski definition) is 4. The van der Waals surface area contributed by atoms with E-state index in [1.807, 2.05) is 13.1 Å². The summed E-state index contributed by atoms with van der Waals surface area (Å²) in [7, 11) is 1.86. The Morgan fingerprint density at radius 3 is 3.06 bits per heavy atom. The number of aromatic nitrogens is 2. The van der Waals surface area contributed by atoms with Crippen molar-refractivity contribution in [1.82, 2.24) is 9.78 Å². The molecule has 0 unspecified atom stereocenters. The van der Waals surface area contributed by atoms with Crippen LogP contribution in [0.5, 0.6) is 5.75 Å². The summed E-state index contributed by atoms with van der Waals surface area (Å²) in [6.07, 6.45) is 0. The van der Waals surface area contributed by atoms with Crippen LogP contribution in [-0.2, 0) is 18.0 Å². The van der Waals surface area contributed by atoms with Crippen LogP contribution in [-0.4, -0.2) is 21.9 Å². The maximum atomic E-state index is 9.50. The van der Waals surface area contributed by atoms with Crippen LogP contribution >= 0.6 is 0 Å². The zero-order chi connectivity index (χ0) is 11.8.